The first-order valence-corrected chi connectivity index (χ1v) is 13.8. The topological polar surface area (TPSA) is 85.7 Å². The number of hydrogen-bond acceptors (Lipinski definition) is 6. The standard InChI is InChI=1S/C29H38FN7O2/c1-4-31-10-11-32-28(38)18-35(19-29(39)34(3)36-16-21-8-9-23(30)14-22(21)17-36)27-15-25-24(13-20(27)2)26-7-5-6-12-37(26)33-25/h8-9,13-15,31H,4-7,10-12,16-19H2,1-3H3,(H,32,38). The molecule has 0 spiro atoms. The quantitative estimate of drug-likeness (QED) is 0.389. The summed E-state index contributed by atoms with van der Waals surface area (Å²) in [7, 11) is 1.73. The molecule has 3 heterocycles. The Hall–Kier alpha value is -3.50. The molecule has 2 aliphatic heterocycles. The van der Waals surface area contributed by atoms with Gasteiger partial charge in [-0.05, 0) is 73.7 Å². The highest BCUT2D eigenvalue weighted by Crippen LogP contribution is 2.31. The molecule has 0 saturated heterocycles. The van der Waals surface area contributed by atoms with Gasteiger partial charge in [-0.3, -0.25) is 19.3 Å². The van der Waals surface area contributed by atoms with Crippen molar-refractivity contribution in [3.63, 3.8) is 0 Å². The number of anilines is 1. The second kappa shape index (κ2) is 11.7. The van der Waals surface area contributed by atoms with E-state index in [0.717, 1.165) is 65.6 Å². The van der Waals surface area contributed by atoms with Gasteiger partial charge in [-0.25, -0.2) is 9.40 Å². The van der Waals surface area contributed by atoms with E-state index in [9.17, 15) is 14.0 Å². The number of nitrogens with one attached hydrogen (secondary N) is 2. The first-order chi connectivity index (χ1) is 18.8. The van der Waals surface area contributed by atoms with Crippen LogP contribution in [0.3, 0.4) is 0 Å². The predicted octanol–water partition coefficient (Wildman–Crippen LogP) is 2.74. The number of amides is 2. The lowest BCUT2D eigenvalue weighted by atomic mass is 10.0. The van der Waals surface area contributed by atoms with Crippen molar-refractivity contribution in [2.45, 2.75) is 52.7 Å². The van der Waals surface area contributed by atoms with Crippen LogP contribution in [0, 0.1) is 12.7 Å². The zero-order valence-electron chi connectivity index (χ0n) is 23.1. The van der Waals surface area contributed by atoms with Gasteiger partial charge in [0.1, 0.15) is 5.82 Å². The molecule has 5 rings (SSSR count). The Bertz CT molecular complexity index is 1370. The maximum Gasteiger partial charge on any atom is 0.256 e. The van der Waals surface area contributed by atoms with Gasteiger partial charge in [0.15, 0.2) is 0 Å². The summed E-state index contributed by atoms with van der Waals surface area (Å²) < 4.78 is 15.8. The largest absolute Gasteiger partial charge is 0.353 e. The van der Waals surface area contributed by atoms with Crippen LogP contribution in [0.4, 0.5) is 10.1 Å². The average molecular weight is 536 g/mol. The average Bonchev–Trinajstić information content (AvgIpc) is 3.50. The van der Waals surface area contributed by atoms with E-state index in [2.05, 4.69) is 21.4 Å². The predicted molar refractivity (Wildman–Crippen MR) is 150 cm³/mol. The van der Waals surface area contributed by atoms with Crippen LogP contribution in [-0.4, -0.2) is 71.4 Å². The molecule has 1 aromatic heterocycles. The summed E-state index contributed by atoms with van der Waals surface area (Å²) in [5, 5.41) is 15.6. The fourth-order valence-electron chi connectivity index (χ4n) is 5.58. The summed E-state index contributed by atoms with van der Waals surface area (Å²) in [6.07, 6.45) is 3.30. The molecule has 3 aromatic rings. The highest BCUT2D eigenvalue weighted by Gasteiger charge is 2.28. The molecule has 2 aromatic carbocycles. The van der Waals surface area contributed by atoms with Gasteiger partial charge in [-0.2, -0.15) is 5.10 Å². The van der Waals surface area contributed by atoms with Gasteiger partial charge in [-0.1, -0.05) is 13.0 Å². The number of hydrazine groups is 1. The molecule has 0 bridgehead atoms. The molecular formula is C29H38FN7O2. The molecule has 10 heteroatoms. The first kappa shape index (κ1) is 27.1. The zero-order chi connectivity index (χ0) is 27.5. The van der Waals surface area contributed by atoms with Gasteiger partial charge in [0, 0.05) is 56.5 Å². The monoisotopic (exact) mass is 535 g/mol. The minimum atomic E-state index is -0.275. The molecule has 2 N–H and O–H groups in total. The Morgan fingerprint density at radius 1 is 1.08 bits per heavy atom. The van der Waals surface area contributed by atoms with Crippen LogP contribution in [0.25, 0.3) is 10.9 Å². The summed E-state index contributed by atoms with van der Waals surface area (Å²) in [5.41, 5.74) is 5.88. The van der Waals surface area contributed by atoms with Gasteiger partial charge in [0.2, 0.25) is 5.91 Å². The summed E-state index contributed by atoms with van der Waals surface area (Å²) >= 11 is 0. The number of benzene rings is 2. The van der Waals surface area contributed by atoms with Gasteiger partial charge in [0.05, 0.1) is 18.6 Å². The number of fused-ring (bicyclic) bond motifs is 4. The second-order valence-corrected chi connectivity index (χ2v) is 10.5. The number of aromatic nitrogens is 2. The first-order valence-electron chi connectivity index (χ1n) is 13.8. The van der Waals surface area contributed by atoms with E-state index in [0.29, 0.717) is 26.2 Å². The van der Waals surface area contributed by atoms with Crippen molar-refractivity contribution in [3.05, 3.63) is 58.5 Å². The Labute approximate surface area is 228 Å². The molecule has 208 valence electrons. The van der Waals surface area contributed by atoms with E-state index in [1.54, 1.807) is 18.1 Å². The fourth-order valence-corrected chi connectivity index (χ4v) is 5.58. The summed E-state index contributed by atoms with van der Waals surface area (Å²) in [6.45, 7) is 8.08. The molecule has 0 aliphatic carbocycles. The van der Waals surface area contributed by atoms with Crippen molar-refractivity contribution in [3.8, 4) is 0 Å². The van der Waals surface area contributed by atoms with Gasteiger partial charge in [-0.15, -0.1) is 0 Å². The minimum absolute atomic E-state index is 0.0260. The number of hydrogen-bond donors (Lipinski definition) is 2. The molecule has 2 aliphatic rings. The SMILES string of the molecule is CCNCCNC(=O)CN(CC(=O)N(C)N1Cc2ccc(F)cc2C1)c1cc2nn3c(c2cc1C)CCCC3. The van der Waals surface area contributed by atoms with E-state index in [1.165, 1.54) is 17.8 Å². The molecule has 39 heavy (non-hydrogen) atoms. The third kappa shape index (κ3) is 5.91. The smallest absolute Gasteiger partial charge is 0.256 e. The minimum Gasteiger partial charge on any atom is -0.353 e. The third-order valence-electron chi connectivity index (χ3n) is 7.73. The Morgan fingerprint density at radius 2 is 1.90 bits per heavy atom. The lowest BCUT2D eigenvalue weighted by Gasteiger charge is -2.32. The van der Waals surface area contributed by atoms with Crippen molar-refractivity contribution in [2.24, 2.45) is 0 Å². The van der Waals surface area contributed by atoms with E-state index in [-0.39, 0.29) is 30.7 Å². The lowest BCUT2D eigenvalue weighted by molar-refractivity contribution is -0.145. The summed E-state index contributed by atoms with van der Waals surface area (Å²) in [5.74, 6) is -0.564. The van der Waals surface area contributed by atoms with Crippen molar-refractivity contribution in [1.29, 1.82) is 0 Å². The van der Waals surface area contributed by atoms with Gasteiger partial charge in [0.25, 0.3) is 5.91 Å². The number of aryl methyl sites for hydroxylation is 3. The Kier molecular flexibility index (Phi) is 8.13. The Balaban J connectivity index is 1.36. The number of halogens is 1. The fraction of sp³-hybridized carbons (Fsp3) is 0.483. The van der Waals surface area contributed by atoms with Crippen molar-refractivity contribution in [2.75, 3.05) is 44.7 Å². The summed E-state index contributed by atoms with van der Waals surface area (Å²) in [6, 6.07) is 8.92. The van der Waals surface area contributed by atoms with Crippen LogP contribution < -0.4 is 15.5 Å². The maximum atomic E-state index is 13.7. The number of carbonyl (C=O) groups excluding carboxylic acids is 2. The molecule has 2 amide bonds. The van der Waals surface area contributed by atoms with E-state index in [4.69, 9.17) is 5.10 Å². The molecule has 0 fully saturated rings. The highest BCUT2D eigenvalue weighted by molar-refractivity contribution is 5.91. The van der Waals surface area contributed by atoms with Crippen LogP contribution >= 0.6 is 0 Å². The van der Waals surface area contributed by atoms with E-state index in [1.807, 2.05) is 29.8 Å². The van der Waals surface area contributed by atoms with Crippen LogP contribution in [0.5, 0.6) is 0 Å². The normalized spacial score (nSPS) is 14.8. The second-order valence-electron chi connectivity index (χ2n) is 10.5. The molecule has 0 radical (unpaired) electrons. The molecule has 0 atom stereocenters. The number of carbonyl (C=O) groups is 2. The molecule has 0 saturated carbocycles. The van der Waals surface area contributed by atoms with Crippen LogP contribution in [0.15, 0.2) is 30.3 Å². The van der Waals surface area contributed by atoms with E-state index < -0.39 is 0 Å². The van der Waals surface area contributed by atoms with Crippen molar-refractivity contribution in [1.82, 2.24) is 30.4 Å². The van der Waals surface area contributed by atoms with Crippen molar-refractivity contribution < 1.29 is 14.0 Å². The molecule has 0 unspecified atom stereocenters. The van der Waals surface area contributed by atoms with Crippen LogP contribution in [0.1, 0.15) is 42.1 Å². The third-order valence-corrected chi connectivity index (χ3v) is 7.73. The molecular weight excluding hydrogens is 497 g/mol. The highest BCUT2D eigenvalue weighted by atomic mass is 19.1. The van der Waals surface area contributed by atoms with E-state index >= 15 is 0 Å². The lowest BCUT2D eigenvalue weighted by Crippen LogP contribution is -2.48. The van der Waals surface area contributed by atoms with Gasteiger partial charge < -0.3 is 15.5 Å². The van der Waals surface area contributed by atoms with Gasteiger partial charge >= 0.3 is 0 Å². The Morgan fingerprint density at radius 3 is 2.72 bits per heavy atom. The number of nitrogens with zero attached hydrogens (tertiary/aromatic N) is 5. The maximum absolute atomic E-state index is 13.7. The number of likely N-dealkylation sites (N-methyl/N-ethyl adjacent to an activating group) is 2. The molecule has 9 nitrogen and oxygen atoms in total. The number of rotatable bonds is 10. The zero-order valence-corrected chi connectivity index (χ0v) is 23.1. The summed E-state index contributed by atoms with van der Waals surface area (Å²) in [4.78, 5) is 28.3. The van der Waals surface area contributed by atoms with Crippen molar-refractivity contribution >= 4 is 28.4 Å². The van der Waals surface area contributed by atoms with Crippen LogP contribution in [-0.2, 0) is 35.6 Å². The van der Waals surface area contributed by atoms with Crippen LogP contribution in [0.2, 0.25) is 0 Å².